The van der Waals surface area contributed by atoms with Crippen molar-refractivity contribution in [2.45, 2.75) is 39.5 Å². The van der Waals surface area contributed by atoms with Gasteiger partial charge in [0.15, 0.2) is 0 Å². The molecule has 0 atom stereocenters. The Labute approximate surface area is 127 Å². The van der Waals surface area contributed by atoms with E-state index in [9.17, 15) is 4.79 Å². The maximum absolute atomic E-state index is 11.9. The zero-order valence-corrected chi connectivity index (χ0v) is 13.6. The van der Waals surface area contributed by atoms with Crippen LogP contribution in [0.3, 0.4) is 0 Å². The minimum absolute atomic E-state index is 0.0981. The lowest BCUT2D eigenvalue weighted by Gasteiger charge is -2.01. The largest absolute Gasteiger partial charge is 0.350 e. The van der Waals surface area contributed by atoms with Gasteiger partial charge >= 0.3 is 0 Å². The Bertz CT molecular complexity index is 574. The molecule has 1 amide bonds. The highest BCUT2D eigenvalue weighted by atomic mass is 32.1. The van der Waals surface area contributed by atoms with Crippen LogP contribution in [0.4, 0.5) is 0 Å². The minimum Gasteiger partial charge on any atom is -0.350 e. The lowest BCUT2D eigenvalue weighted by atomic mass is 10.2. The van der Waals surface area contributed by atoms with E-state index in [1.165, 1.54) is 11.3 Å². The van der Waals surface area contributed by atoms with Gasteiger partial charge in [-0.05, 0) is 6.42 Å². The van der Waals surface area contributed by atoms with E-state index in [0.717, 1.165) is 28.6 Å². The number of amides is 1. The number of aryl methyl sites for hydroxylation is 1. The molecule has 0 aliphatic carbocycles. The van der Waals surface area contributed by atoms with Crippen molar-refractivity contribution in [3.8, 4) is 0 Å². The number of hydrogen-bond acceptors (Lipinski definition) is 5. The maximum atomic E-state index is 11.9. The van der Waals surface area contributed by atoms with Gasteiger partial charge in [-0.1, -0.05) is 20.8 Å². The molecule has 0 aromatic carbocycles. The van der Waals surface area contributed by atoms with Gasteiger partial charge in [0.2, 0.25) is 0 Å². The van der Waals surface area contributed by atoms with Crippen LogP contribution in [0.2, 0.25) is 0 Å². The van der Waals surface area contributed by atoms with Crippen molar-refractivity contribution in [3.05, 3.63) is 32.2 Å². The van der Waals surface area contributed by atoms with E-state index in [-0.39, 0.29) is 5.91 Å². The van der Waals surface area contributed by atoms with Gasteiger partial charge in [-0.15, -0.1) is 22.7 Å². The topological polar surface area (TPSA) is 54.9 Å². The van der Waals surface area contributed by atoms with Crippen LogP contribution in [-0.4, -0.2) is 22.4 Å². The molecule has 0 fully saturated rings. The summed E-state index contributed by atoms with van der Waals surface area (Å²) in [5.41, 5.74) is 1.57. The molecular formula is C14H19N3OS2. The SMILES string of the molecule is CCc1nc(CCNC(=O)c2csc(C(C)C)n2)cs1. The Morgan fingerprint density at radius 3 is 2.70 bits per heavy atom. The highest BCUT2D eigenvalue weighted by molar-refractivity contribution is 7.10. The third-order valence-electron chi connectivity index (χ3n) is 2.82. The van der Waals surface area contributed by atoms with E-state index < -0.39 is 0 Å². The molecule has 0 saturated heterocycles. The summed E-state index contributed by atoms with van der Waals surface area (Å²) in [5, 5.41) is 8.93. The smallest absolute Gasteiger partial charge is 0.270 e. The van der Waals surface area contributed by atoms with Crippen LogP contribution in [0.25, 0.3) is 0 Å². The Balaban J connectivity index is 1.82. The molecule has 2 rings (SSSR count). The van der Waals surface area contributed by atoms with E-state index in [2.05, 4.69) is 41.4 Å². The first kappa shape index (κ1) is 15.1. The molecule has 0 radical (unpaired) electrons. The van der Waals surface area contributed by atoms with Crippen LogP contribution in [0.1, 0.15) is 52.9 Å². The molecule has 0 unspecified atom stereocenters. The van der Waals surface area contributed by atoms with Crippen molar-refractivity contribution in [3.63, 3.8) is 0 Å². The van der Waals surface area contributed by atoms with Crippen molar-refractivity contribution >= 4 is 28.6 Å². The average molecular weight is 309 g/mol. The summed E-state index contributed by atoms with van der Waals surface area (Å²) in [6.07, 6.45) is 1.73. The Morgan fingerprint density at radius 1 is 1.30 bits per heavy atom. The predicted octanol–water partition coefficient (Wildman–Crippen LogP) is 3.26. The normalized spacial score (nSPS) is 11.0. The fraction of sp³-hybridized carbons (Fsp3) is 0.500. The van der Waals surface area contributed by atoms with Crippen LogP contribution in [-0.2, 0) is 12.8 Å². The Kier molecular flexibility index (Phi) is 5.25. The number of hydrogen-bond donors (Lipinski definition) is 1. The monoisotopic (exact) mass is 309 g/mol. The summed E-state index contributed by atoms with van der Waals surface area (Å²) in [6.45, 7) is 6.85. The van der Waals surface area contributed by atoms with Crippen LogP contribution in [0.15, 0.2) is 10.8 Å². The summed E-state index contributed by atoms with van der Waals surface area (Å²) in [6, 6.07) is 0. The van der Waals surface area contributed by atoms with Crippen LogP contribution in [0.5, 0.6) is 0 Å². The van der Waals surface area contributed by atoms with Gasteiger partial charge < -0.3 is 5.32 Å². The molecule has 6 heteroatoms. The van der Waals surface area contributed by atoms with E-state index in [0.29, 0.717) is 18.2 Å². The molecule has 2 aromatic rings. The standard InChI is InChI=1S/C14H19N3OS2/c1-4-12-16-10(7-19-12)5-6-15-13(18)11-8-20-14(17-11)9(2)3/h7-9H,4-6H2,1-3H3,(H,15,18). The number of nitrogens with one attached hydrogen (secondary N) is 1. The van der Waals surface area contributed by atoms with Crippen molar-refractivity contribution in [2.75, 3.05) is 6.54 Å². The molecule has 4 nitrogen and oxygen atoms in total. The molecule has 108 valence electrons. The predicted molar refractivity (Wildman–Crippen MR) is 83.7 cm³/mol. The molecule has 0 bridgehead atoms. The fourth-order valence-electron chi connectivity index (χ4n) is 1.68. The summed E-state index contributed by atoms with van der Waals surface area (Å²) in [4.78, 5) is 20.8. The number of aromatic nitrogens is 2. The number of rotatable bonds is 6. The molecule has 0 aliphatic rings. The van der Waals surface area contributed by atoms with Gasteiger partial charge in [-0.25, -0.2) is 9.97 Å². The first-order valence-electron chi connectivity index (χ1n) is 6.77. The van der Waals surface area contributed by atoms with Gasteiger partial charge in [0.1, 0.15) is 5.69 Å². The summed E-state index contributed by atoms with van der Waals surface area (Å²) in [5.74, 6) is 0.267. The number of thiazole rings is 2. The molecule has 1 N–H and O–H groups in total. The lowest BCUT2D eigenvalue weighted by molar-refractivity contribution is 0.0949. The first-order chi connectivity index (χ1) is 9.60. The molecule has 2 aromatic heterocycles. The number of carbonyl (C=O) groups is 1. The van der Waals surface area contributed by atoms with Gasteiger partial charge in [0.25, 0.3) is 5.91 Å². The molecule has 2 heterocycles. The highest BCUT2D eigenvalue weighted by Crippen LogP contribution is 2.19. The second-order valence-electron chi connectivity index (χ2n) is 4.82. The van der Waals surface area contributed by atoms with E-state index >= 15 is 0 Å². The third kappa shape index (κ3) is 3.86. The lowest BCUT2D eigenvalue weighted by Crippen LogP contribution is -2.26. The van der Waals surface area contributed by atoms with E-state index in [4.69, 9.17) is 0 Å². The molecule has 20 heavy (non-hydrogen) atoms. The van der Waals surface area contributed by atoms with Crippen molar-refractivity contribution in [2.24, 2.45) is 0 Å². The second-order valence-corrected chi connectivity index (χ2v) is 6.65. The van der Waals surface area contributed by atoms with Gasteiger partial charge in [0, 0.05) is 29.6 Å². The Hall–Kier alpha value is -1.27. The van der Waals surface area contributed by atoms with Gasteiger partial charge in [-0.2, -0.15) is 0 Å². The van der Waals surface area contributed by atoms with Gasteiger partial charge in [-0.3, -0.25) is 4.79 Å². The number of nitrogens with zero attached hydrogens (tertiary/aromatic N) is 2. The molecule has 0 saturated carbocycles. The molecule has 0 aliphatic heterocycles. The minimum atomic E-state index is -0.0981. The molecular weight excluding hydrogens is 290 g/mol. The summed E-state index contributed by atoms with van der Waals surface area (Å²) >= 11 is 3.22. The third-order valence-corrected chi connectivity index (χ3v) is 5.00. The van der Waals surface area contributed by atoms with Crippen LogP contribution >= 0.6 is 22.7 Å². The van der Waals surface area contributed by atoms with Crippen LogP contribution in [0, 0.1) is 0 Å². The second kappa shape index (κ2) is 6.95. The number of carbonyl (C=O) groups excluding carboxylic acids is 1. The zero-order chi connectivity index (χ0) is 14.5. The van der Waals surface area contributed by atoms with Gasteiger partial charge in [0.05, 0.1) is 15.7 Å². The molecule has 0 spiro atoms. The van der Waals surface area contributed by atoms with E-state index in [1.54, 1.807) is 11.3 Å². The summed E-state index contributed by atoms with van der Waals surface area (Å²) < 4.78 is 0. The first-order valence-corrected chi connectivity index (χ1v) is 8.53. The van der Waals surface area contributed by atoms with Crippen molar-refractivity contribution in [1.82, 2.24) is 15.3 Å². The Morgan fingerprint density at radius 2 is 2.10 bits per heavy atom. The van der Waals surface area contributed by atoms with Crippen molar-refractivity contribution < 1.29 is 4.79 Å². The quantitative estimate of drug-likeness (QED) is 0.891. The van der Waals surface area contributed by atoms with Crippen LogP contribution < -0.4 is 5.32 Å². The van der Waals surface area contributed by atoms with Crippen molar-refractivity contribution in [1.29, 1.82) is 0 Å². The zero-order valence-electron chi connectivity index (χ0n) is 12.0. The average Bonchev–Trinajstić information content (AvgIpc) is 3.07. The fourth-order valence-corrected chi connectivity index (χ4v) is 3.27. The highest BCUT2D eigenvalue weighted by Gasteiger charge is 2.12. The summed E-state index contributed by atoms with van der Waals surface area (Å²) in [7, 11) is 0. The maximum Gasteiger partial charge on any atom is 0.270 e. The van der Waals surface area contributed by atoms with E-state index in [1.807, 2.05) is 5.38 Å².